The Kier molecular flexibility index (Phi) is 4.38. The summed E-state index contributed by atoms with van der Waals surface area (Å²) >= 11 is 9.70. The third kappa shape index (κ3) is 2.80. The molecule has 1 aliphatic heterocycles. The molecule has 1 aromatic carbocycles. The van der Waals surface area contributed by atoms with Gasteiger partial charge in [0.2, 0.25) is 0 Å². The van der Waals surface area contributed by atoms with Crippen LogP contribution in [0, 0.1) is 5.92 Å². The number of halogens is 2. The number of rotatable bonds is 2. The number of hydrogen-bond acceptors (Lipinski definition) is 1. The molecule has 3 heteroatoms. The van der Waals surface area contributed by atoms with Crippen LogP contribution < -0.4 is 4.90 Å². The molecule has 1 saturated heterocycles. The SMILES string of the molecule is ClCc1cc(Br)ccc1N1CCC[C@H]2CCCC[C@H]21. The van der Waals surface area contributed by atoms with Crippen molar-refractivity contribution in [2.45, 2.75) is 50.4 Å². The molecule has 2 atom stereocenters. The lowest BCUT2D eigenvalue weighted by molar-refractivity contribution is 0.243. The molecule has 0 amide bonds. The zero-order valence-corrected chi connectivity index (χ0v) is 13.6. The number of fused-ring (bicyclic) bond motifs is 1. The fraction of sp³-hybridized carbons (Fsp3) is 0.625. The van der Waals surface area contributed by atoms with Gasteiger partial charge in [-0.05, 0) is 55.4 Å². The first kappa shape index (κ1) is 13.8. The zero-order valence-electron chi connectivity index (χ0n) is 11.2. The molecule has 1 nitrogen and oxygen atoms in total. The van der Waals surface area contributed by atoms with E-state index in [4.69, 9.17) is 11.6 Å². The van der Waals surface area contributed by atoms with E-state index in [1.165, 1.54) is 56.3 Å². The molecule has 0 bridgehead atoms. The van der Waals surface area contributed by atoms with Crippen molar-refractivity contribution in [3.63, 3.8) is 0 Å². The molecule has 1 saturated carbocycles. The van der Waals surface area contributed by atoms with Gasteiger partial charge in [-0.3, -0.25) is 0 Å². The monoisotopic (exact) mass is 341 g/mol. The summed E-state index contributed by atoms with van der Waals surface area (Å²) in [6, 6.07) is 7.33. The topological polar surface area (TPSA) is 3.24 Å². The van der Waals surface area contributed by atoms with Crippen LogP contribution in [0.5, 0.6) is 0 Å². The Balaban J connectivity index is 1.91. The van der Waals surface area contributed by atoms with Gasteiger partial charge in [0.1, 0.15) is 0 Å². The summed E-state index contributed by atoms with van der Waals surface area (Å²) < 4.78 is 1.13. The van der Waals surface area contributed by atoms with Crippen molar-refractivity contribution < 1.29 is 0 Å². The minimum Gasteiger partial charge on any atom is -0.368 e. The number of alkyl halides is 1. The minimum absolute atomic E-state index is 0.600. The van der Waals surface area contributed by atoms with E-state index in [2.05, 4.69) is 39.0 Å². The molecule has 1 heterocycles. The van der Waals surface area contributed by atoms with Gasteiger partial charge in [-0.15, -0.1) is 11.6 Å². The van der Waals surface area contributed by atoms with Crippen molar-refractivity contribution in [3.8, 4) is 0 Å². The first-order valence-electron chi connectivity index (χ1n) is 7.40. The highest BCUT2D eigenvalue weighted by Gasteiger charge is 2.33. The highest BCUT2D eigenvalue weighted by molar-refractivity contribution is 9.10. The number of nitrogens with zero attached hydrogens (tertiary/aromatic N) is 1. The van der Waals surface area contributed by atoms with Crippen LogP contribution in [0.3, 0.4) is 0 Å². The van der Waals surface area contributed by atoms with Crippen molar-refractivity contribution in [2.75, 3.05) is 11.4 Å². The Bertz CT molecular complexity index is 446. The first-order valence-corrected chi connectivity index (χ1v) is 8.73. The molecule has 0 aromatic heterocycles. The average molecular weight is 343 g/mol. The van der Waals surface area contributed by atoms with Gasteiger partial charge < -0.3 is 4.90 Å². The molecule has 0 spiro atoms. The van der Waals surface area contributed by atoms with Gasteiger partial charge in [0.15, 0.2) is 0 Å². The number of hydrogen-bond donors (Lipinski definition) is 0. The Labute approximate surface area is 129 Å². The van der Waals surface area contributed by atoms with Crippen molar-refractivity contribution in [3.05, 3.63) is 28.2 Å². The van der Waals surface area contributed by atoms with Gasteiger partial charge in [-0.2, -0.15) is 0 Å². The summed E-state index contributed by atoms with van der Waals surface area (Å²) in [5.41, 5.74) is 2.64. The van der Waals surface area contributed by atoms with Crippen molar-refractivity contribution in [2.24, 2.45) is 5.92 Å². The normalized spacial score (nSPS) is 27.2. The van der Waals surface area contributed by atoms with E-state index in [1.54, 1.807) is 0 Å². The maximum Gasteiger partial charge on any atom is 0.0494 e. The molecule has 104 valence electrons. The van der Waals surface area contributed by atoms with E-state index in [-0.39, 0.29) is 0 Å². The Morgan fingerprint density at radius 3 is 2.79 bits per heavy atom. The summed E-state index contributed by atoms with van der Waals surface area (Å²) in [7, 11) is 0. The molecule has 2 fully saturated rings. The number of anilines is 1. The Hall–Kier alpha value is -0.210. The molecule has 3 rings (SSSR count). The van der Waals surface area contributed by atoms with E-state index >= 15 is 0 Å². The largest absolute Gasteiger partial charge is 0.368 e. The van der Waals surface area contributed by atoms with Gasteiger partial charge in [-0.1, -0.05) is 28.8 Å². The highest BCUT2D eigenvalue weighted by Crippen LogP contribution is 2.39. The van der Waals surface area contributed by atoms with Gasteiger partial charge >= 0.3 is 0 Å². The van der Waals surface area contributed by atoms with E-state index in [1.807, 2.05) is 0 Å². The van der Waals surface area contributed by atoms with Crippen LogP contribution in [0.25, 0.3) is 0 Å². The van der Waals surface area contributed by atoms with E-state index in [0.29, 0.717) is 5.88 Å². The second-order valence-corrected chi connectivity index (χ2v) is 7.04. The lowest BCUT2D eigenvalue weighted by Gasteiger charge is -2.46. The second-order valence-electron chi connectivity index (χ2n) is 5.85. The van der Waals surface area contributed by atoms with Crippen LogP contribution in [0.4, 0.5) is 5.69 Å². The third-order valence-corrected chi connectivity index (χ3v) is 5.52. The summed E-state index contributed by atoms with van der Waals surface area (Å²) in [4.78, 5) is 2.65. The van der Waals surface area contributed by atoms with Gasteiger partial charge in [-0.25, -0.2) is 0 Å². The molecule has 0 radical (unpaired) electrons. The summed E-state index contributed by atoms with van der Waals surface area (Å²) in [6.07, 6.45) is 8.37. The lowest BCUT2D eigenvalue weighted by atomic mass is 9.78. The van der Waals surface area contributed by atoms with Crippen LogP contribution in [-0.4, -0.2) is 12.6 Å². The lowest BCUT2D eigenvalue weighted by Crippen LogP contribution is -2.47. The van der Waals surface area contributed by atoms with Crippen LogP contribution in [0.1, 0.15) is 44.1 Å². The smallest absolute Gasteiger partial charge is 0.0494 e. The molecule has 0 unspecified atom stereocenters. The summed E-state index contributed by atoms with van der Waals surface area (Å²) in [6.45, 7) is 1.20. The van der Waals surface area contributed by atoms with Crippen molar-refractivity contribution >= 4 is 33.2 Å². The third-order valence-electron chi connectivity index (χ3n) is 4.74. The van der Waals surface area contributed by atoms with Crippen molar-refractivity contribution in [1.82, 2.24) is 0 Å². The predicted octanol–water partition coefficient (Wildman–Crippen LogP) is 5.35. The molecule has 19 heavy (non-hydrogen) atoms. The Morgan fingerprint density at radius 2 is 1.95 bits per heavy atom. The van der Waals surface area contributed by atoms with E-state index in [9.17, 15) is 0 Å². The fourth-order valence-corrected chi connectivity index (χ4v) is 4.49. The molecule has 0 N–H and O–H groups in total. The molecule has 1 aliphatic carbocycles. The number of benzene rings is 1. The van der Waals surface area contributed by atoms with E-state index < -0.39 is 0 Å². The molecular formula is C16H21BrClN. The van der Waals surface area contributed by atoms with Crippen molar-refractivity contribution in [1.29, 1.82) is 0 Å². The maximum absolute atomic E-state index is 6.15. The highest BCUT2D eigenvalue weighted by atomic mass is 79.9. The summed E-state index contributed by atoms with van der Waals surface area (Å²) in [5.74, 6) is 1.51. The van der Waals surface area contributed by atoms with Crippen LogP contribution in [-0.2, 0) is 5.88 Å². The number of piperidine rings is 1. The van der Waals surface area contributed by atoms with Gasteiger partial charge in [0.05, 0.1) is 0 Å². The molecule has 1 aromatic rings. The maximum atomic E-state index is 6.15. The van der Waals surface area contributed by atoms with Gasteiger partial charge in [0.25, 0.3) is 0 Å². The first-order chi connectivity index (χ1) is 9.29. The average Bonchev–Trinajstić information content (AvgIpc) is 2.46. The molecular weight excluding hydrogens is 322 g/mol. The molecule has 2 aliphatic rings. The standard InChI is InChI=1S/C16H21BrClN/c17-14-7-8-16(13(10-14)11-18)19-9-3-5-12-4-1-2-6-15(12)19/h7-8,10,12,15H,1-6,9,11H2/t12-,15-/m1/s1. The quantitative estimate of drug-likeness (QED) is 0.655. The van der Waals surface area contributed by atoms with Crippen LogP contribution in [0.15, 0.2) is 22.7 Å². The predicted molar refractivity (Wildman–Crippen MR) is 86.0 cm³/mol. The van der Waals surface area contributed by atoms with Gasteiger partial charge in [0, 0.05) is 28.6 Å². The fourth-order valence-electron chi connectivity index (χ4n) is 3.87. The summed E-state index contributed by atoms with van der Waals surface area (Å²) in [5, 5.41) is 0. The van der Waals surface area contributed by atoms with Crippen LogP contribution in [0.2, 0.25) is 0 Å². The zero-order chi connectivity index (χ0) is 13.2. The second kappa shape index (κ2) is 6.05. The minimum atomic E-state index is 0.600. The van der Waals surface area contributed by atoms with Crippen LogP contribution >= 0.6 is 27.5 Å². The Morgan fingerprint density at radius 1 is 1.16 bits per heavy atom. The van der Waals surface area contributed by atoms with E-state index in [0.717, 1.165) is 16.4 Å².